The molecule has 0 aliphatic carbocycles. The Bertz CT molecular complexity index is 599. The lowest BCUT2D eigenvalue weighted by Gasteiger charge is -2.13. The number of sulfone groups is 1. The molecule has 0 aliphatic heterocycles. The number of methoxy groups -OCH3 is 1. The first-order valence-corrected chi connectivity index (χ1v) is 7.09. The van der Waals surface area contributed by atoms with Gasteiger partial charge in [-0.15, -0.1) is 0 Å². The number of carboxylic acids is 1. The van der Waals surface area contributed by atoms with Gasteiger partial charge in [0, 0.05) is 7.11 Å². The van der Waals surface area contributed by atoms with Gasteiger partial charge in [-0.3, -0.25) is 0 Å². The Labute approximate surface area is 114 Å². The number of carbonyl (C=O) groups is 1. The molecule has 1 N–H and O–H groups in total. The number of benzene rings is 1. The van der Waals surface area contributed by atoms with Crippen LogP contribution in [0, 0.1) is 5.82 Å². The van der Waals surface area contributed by atoms with Crippen LogP contribution in [-0.4, -0.2) is 38.5 Å². The van der Waals surface area contributed by atoms with Crippen LogP contribution >= 0.6 is 11.6 Å². The van der Waals surface area contributed by atoms with E-state index in [1.807, 2.05) is 0 Å². The molecule has 5 nitrogen and oxygen atoms in total. The molecule has 1 unspecified atom stereocenters. The Morgan fingerprint density at radius 2 is 2.11 bits per heavy atom. The second-order valence-electron chi connectivity index (χ2n) is 3.88. The van der Waals surface area contributed by atoms with E-state index in [1.54, 1.807) is 0 Å². The molecular weight excluding hydrogens is 299 g/mol. The van der Waals surface area contributed by atoms with Crippen LogP contribution in [0.15, 0.2) is 17.0 Å². The summed E-state index contributed by atoms with van der Waals surface area (Å²) in [6, 6.07) is 1.55. The van der Waals surface area contributed by atoms with Gasteiger partial charge in [-0.2, -0.15) is 0 Å². The molecule has 0 aromatic heterocycles. The van der Waals surface area contributed by atoms with Gasteiger partial charge >= 0.3 is 5.97 Å². The van der Waals surface area contributed by atoms with Gasteiger partial charge in [-0.25, -0.2) is 17.6 Å². The molecule has 0 heterocycles. The van der Waals surface area contributed by atoms with Crippen molar-refractivity contribution in [2.24, 2.45) is 0 Å². The quantitative estimate of drug-likeness (QED) is 0.899. The van der Waals surface area contributed by atoms with Crippen LogP contribution < -0.4 is 0 Å². The molecule has 0 amide bonds. The van der Waals surface area contributed by atoms with Crippen LogP contribution in [-0.2, 0) is 14.6 Å². The monoisotopic (exact) mass is 310 g/mol. The zero-order valence-corrected chi connectivity index (χ0v) is 11.8. The number of halogens is 2. The highest BCUT2D eigenvalue weighted by Crippen LogP contribution is 2.26. The zero-order chi connectivity index (χ0) is 14.8. The highest BCUT2D eigenvalue weighted by Gasteiger charge is 2.26. The minimum atomic E-state index is -3.88. The SMILES string of the molecule is COCC(C)S(=O)(=O)c1cc(F)c(Cl)c(C(=O)O)c1. The molecule has 106 valence electrons. The molecule has 0 saturated heterocycles. The fraction of sp³-hybridized carbons (Fsp3) is 0.364. The van der Waals surface area contributed by atoms with Gasteiger partial charge in [0.1, 0.15) is 5.82 Å². The maximum Gasteiger partial charge on any atom is 0.337 e. The fourth-order valence-electron chi connectivity index (χ4n) is 1.44. The third-order valence-electron chi connectivity index (χ3n) is 2.49. The molecule has 0 fully saturated rings. The average Bonchev–Trinajstić information content (AvgIpc) is 2.32. The third-order valence-corrected chi connectivity index (χ3v) is 4.96. The van der Waals surface area contributed by atoms with E-state index in [0.717, 1.165) is 6.07 Å². The minimum Gasteiger partial charge on any atom is -0.478 e. The van der Waals surface area contributed by atoms with Gasteiger partial charge in [0.05, 0.1) is 27.3 Å². The highest BCUT2D eigenvalue weighted by atomic mass is 35.5. The molecular formula is C11H12ClFO5S. The van der Waals surface area contributed by atoms with Crippen molar-refractivity contribution in [2.75, 3.05) is 13.7 Å². The van der Waals surface area contributed by atoms with Crippen molar-refractivity contribution in [1.82, 2.24) is 0 Å². The Morgan fingerprint density at radius 3 is 2.58 bits per heavy atom. The maximum absolute atomic E-state index is 13.5. The summed E-state index contributed by atoms with van der Waals surface area (Å²) in [5.74, 6) is -2.59. The van der Waals surface area contributed by atoms with Crippen molar-refractivity contribution in [3.05, 3.63) is 28.5 Å². The van der Waals surface area contributed by atoms with Crippen molar-refractivity contribution >= 4 is 27.4 Å². The van der Waals surface area contributed by atoms with Crippen molar-refractivity contribution in [2.45, 2.75) is 17.1 Å². The van der Waals surface area contributed by atoms with Crippen LogP contribution in [0.5, 0.6) is 0 Å². The van der Waals surface area contributed by atoms with Crippen molar-refractivity contribution in [3.63, 3.8) is 0 Å². The Hall–Kier alpha value is -1.18. The van der Waals surface area contributed by atoms with Gasteiger partial charge in [-0.05, 0) is 19.1 Å². The van der Waals surface area contributed by atoms with E-state index in [2.05, 4.69) is 0 Å². The Balaban J connectivity index is 3.40. The van der Waals surface area contributed by atoms with Crippen LogP contribution in [0.1, 0.15) is 17.3 Å². The van der Waals surface area contributed by atoms with E-state index in [9.17, 15) is 17.6 Å². The molecule has 0 bridgehead atoms. The predicted octanol–water partition coefficient (Wildman–Crippen LogP) is 1.99. The summed E-state index contributed by atoms with van der Waals surface area (Å²) in [4.78, 5) is 10.4. The first-order chi connectivity index (χ1) is 8.71. The number of ether oxygens (including phenoxy) is 1. The fourth-order valence-corrected chi connectivity index (χ4v) is 2.96. The van der Waals surface area contributed by atoms with Gasteiger partial charge in [-0.1, -0.05) is 11.6 Å². The second kappa shape index (κ2) is 5.85. The Morgan fingerprint density at radius 1 is 1.53 bits per heavy atom. The van der Waals surface area contributed by atoms with E-state index in [1.165, 1.54) is 14.0 Å². The zero-order valence-electron chi connectivity index (χ0n) is 10.2. The molecule has 8 heteroatoms. The molecule has 1 atom stereocenters. The van der Waals surface area contributed by atoms with Crippen LogP contribution in [0.4, 0.5) is 4.39 Å². The molecule has 1 aromatic carbocycles. The molecule has 0 spiro atoms. The van der Waals surface area contributed by atoms with E-state index in [0.29, 0.717) is 6.07 Å². The third kappa shape index (κ3) is 3.23. The van der Waals surface area contributed by atoms with E-state index in [4.69, 9.17) is 21.4 Å². The summed E-state index contributed by atoms with van der Waals surface area (Å²) in [6.07, 6.45) is 0. The van der Waals surface area contributed by atoms with Crippen LogP contribution in [0.3, 0.4) is 0 Å². The summed E-state index contributed by atoms with van der Waals surface area (Å²) < 4.78 is 42.4. The van der Waals surface area contributed by atoms with Gasteiger partial charge in [0.2, 0.25) is 0 Å². The normalized spacial score (nSPS) is 13.3. The molecule has 1 aromatic rings. The van der Waals surface area contributed by atoms with E-state index < -0.39 is 42.4 Å². The molecule has 0 radical (unpaired) electrons. The molecule has 1 rings (SSSR count). The van der Waals surface area contributed by atoms with E-state index in [-0.39, 0.29) is 6.61 Å². The van der Waals surface area contributed by atoms with Crippen LogP contribution in [0.25, 0.3) is 0 Å². The number of hydrogen-bond donors (Lipinski definition) is 1. The lowest BCUT2D eigenvalue weighted by Crippen LogP contribution is -2.23. The topological polar surface area (TPSA) is 80.7 Å². The summed E-state index contributed by atoms with van der Waals surface area (Å²) in [5.41, 5.74) is -0.593. The lowest BCUT2D eigenvalue weighted by atomic mass is 10.2. The first kappa shape index (κ1) is 15.9. The summed E-state index contributed by atoms with van der Waals surface area (Å²) in [6.45, 7) is 1.29. The molecule has 0 aliphatic rings. The standard InChI is InChI=1S/C11H12ClFO5S/c1-6(5-18-2)19(16,17)7-3-8(11(14)15)10(12)9(13)4-7/h3-4,6H,5H2,1-2H3,(H,14,15). The highest BCUT2D eigenvalue weighted by molar-refractivity contribution is 7.92. The summed E-state index contributed by atoms with van der Waals surface area (Å²) in [7, 11) is -2.55. The number of carboxylic acid groups (broad SMARTS) is 1. The maximum atomic E-state index is 13.5. The number of rotatable bonds is 5. The number of aromatic carboxylic acids is 1. The van der Waals surface area contributed by atoms with Crippen molar-refractivity contribution < 1.29 is 27.4 Å². The second-order valence-corrected chi connectivity index (χ2v) is 6.63. The van der Waals surface area contributed by atoms with Gasteiger partial charge in [0.25, 0.3) is 0 Å². The minimum absolute atomic E-state index is 0.0883. The molecule has 19 heavy (non-hydrogen) atoms. The van der Waals surface area contributed by atoms with Gasteiger partial charge in [0.15, 0.2) is 9.84 Å². The van der Waals surface area contributed by atoms with E-state index >= 15 is 0 Å². The summed E-state index contributed by atoms with van der Waals surface area (Å²) in [5, 5.41) is 7.30. The predicted molar refractivity (Wildman–Crippen MR) is 66.9 cm³/mol. The number of hydrogen-bond acceptors (Lipinski definition) is 4. The van der Waals surface area contributed by atoms with Crippen LogP contribution in [0.2, 0.25) is 5.02 Å². The first-order valence-electron chi connectivity index (χ1n) is 5.17. The molecule has 0 saturated carbocycles. The van der Waals surface area contributed by atoms with Crippen molar-refractivity contribution in [1.29, 1.82) is 0 Å². The smallest absolute Gasteiger partial charge is 0.337 e. The van der Waals surface area contributed by atoms with Crippen molar-refractivity contribution in [3.8, 4) is 0 Å². The average molecular weight is 311 g/mol. The largest absolute Gasteiger partial charge is 0.478 e. The Kier molecular flexibility index (Phi) is 4.89. The lowest BCUT2D eigenvalue weighted by molar-refractivity contribution is 0.0696. The summed E-state index contributed by atoms with van der Waals surface area (Å²) >= 11 is 5.48. The van der Waals surface area contributed by atoms with Gasteiger partial charge < -0.3 is 9.84 Å².